The van der Waals surface area contributed by atoms with Crippen LogP contribution >= 0.6 is 0 Å². The summed E-state index contributed by atoms with van der Waals surface area (Å²) in [6.07, 6.45) is 2.89. The van der Waals surface area contributed by atoms with E-state index in [0.717, 1.165) is 19.3 Å². The van der Waals surface area contributed by atoms with Gasteiger partial charge in [0, 0.05) is 6.04 Å². The highest BCUT2D eigenvalue weighted by molar-refractivity contribution is 5.78. The van der Waals surface area contributed by atoms with Crippen molar-refractivity contribution >= 4 is 5.91 Å². The topological polar surface area (TPSA) is 64.3 Å². The quantitative estimate of drug-likeness (QED) is 0.633. The molecule has 0 heterocycles. The highest BCUT2D eigenvalue weighted by Crippen LogP contribution is 2.23. The Labute approximate surface area is 78.8 Å². The molecule has 0 aromatic rings. The molecule has 0 radical (unpaired) electrons. The smallest absolute Gasteiger partial charge is 0.248 e. The zero-order valence-corrected chi connectivity index (χ0v) is 8.25. The molecule has 1 saturated carbocycles. The number of rotatable bonds is 3. The van der Waals surface area contributed by atoms with E-state index in [1.165, 1.54) is 0 Å². The van der Waals surface area contributed by atoms with Crippen LogP contribution < -0.4 is 11.2 Å². The molecule has 1 amide bonds. The fourth-order valence-corrected chi connectivity index (χ4v) is 1.57. The molecule has 1 fully saturated rings. The summed E-state index contributed by atoms with van der Waals surface area (Å²) in [6, 6.07) is 0.00997. The Morgan fingerprint density at radius 2 is 2.23 bits per heavy atom. The molecule has 4 heteroatoms. The molecule has 0 aromatic heterocycles. The second kappa shape index (κ2) is 4.58. The first-order chi connectivity index (χ1) is 6.11. The monoisotopic (exact) mass is 186 g/mol. The number of amides is 1. The molecule has 3 N–H and O–H groups in total. The Morgan fingerprint density at radius 3 is 2.69 bits per heavy atom. The van der Waals surface area contributed by atoms with Crippen molar-refractivity contribution in [2.75, 3.05) is 0 Å². The van der Waals surface area contributed by atoms with Gasteiger partial charge in [-0.2, -0.15) is 0 Å². The first-order valence-electron chi connectivity index (χ1n) is 4.82. The summed E-state index contributed by atoms with van der Waals surface area (Å²) in [4.78, 5) is 16.5. The molecule has 2 unspecified atom stereocenters. The molecule has 0 aromatic carbocycles. The number of nitrogens with two attached hydrogens (primary N) is 1. The number of carbonyl (C=O) groups is 1. The van der Waals surface area contributed by atoms with E-state index in [-0.39, 0.29) is 24.0 Å². The lowest BCUT2D eigenvalue weighted by molar-refractivity contribution is -0.141. The lowest BCUT2D eigenvalue weighted by atomic mass is 10.0. The van der Waals surface area contributed by atoms with Crippen molar-refractivity contribution in [3.05, 3.63) is 0 Å². The SMILES string of the molecule is CC(C)ONC(=O)C1CCCC1N. The lowest BCUT2D eigenvalue weighted by Crippen LogP contribution is -2.39. The van der Waals surface area contributed by atoms with Gasteiger partial charge in [-0.1, -0.05) is 6.42 Å². The fraction of sp³-hybridized carbons (Fsp3) is 0.889. The molecule has 1 aliphatic rings. The summed E-state index contributed by atoms with van der Waals surface area (Å²) in [5.74, 6) is -0.127. The Kier molecular flexibility index (Phi) is 3.69. The van der Waals surface area contributed by atoms with E-state index >= 15 is 0 Å². The maximum Gasteiger partial charge on any atom is 0.248 e. The molecule has 0 spiro atoms. The lowest BCUT2D eigenvalue weighted by Gasteiger charge is -2.15. The van der Waals surface area contributed by atoms with Gasteiger partial charge in [-0.3, -0.25) is 9.63 Å². The van der Waals surface area contributed by atoms with E-state index in [9.17, 15) is 4.79 Å². The van der Waals surface area contributed by atoms with Crippen molar-refractivity contribution in [2.45, 2.75) is 45.3 Å². The summed E-state index contributed by atoms with van der Waals surface area (Å²) in [5, 5.41) is 0. The third-order valence-electron chi connectivity index (χ3n) is 2.30. The summed E-state index contributed by atoms with van der Waals surface area (Å²) >= 11 is 0. The van der Waals surface area contributed by atoms with Gasteiger partial charge < -0.3 is 5.73 Å². The van der Waals surface area contributed by atoms with Gasteiger partial charge >= 0.3 is 0 Å². The third-order valence-corrected chi connectivity index (χ3v) is 2.30. The molecule has 13 heavy (non-hydrogen) atoms. The van der Waals surface area contributed by atoms with Crippen LogP contribution in [0.5, 0.6) is 0 Å². The molecular formula is C9H18N2O2. The van der Waals surface area contributed by atoms with Crippen LogP contribution in [-0.4, -0.2) is 18.1 Å². The summed E-state index contributed by atoms with van der Waals surface area (Å²) in [7, 11) is 0. The summed E-state index contributed by atoms with van der Waals surface area (Å²) < 4.78 is 0. The molecule has 1 rings (SSSR count). The second-order valence-corrected chi connectivity index (χ2v) is 3.83. The minimum atomic E-state index is -0.0706. The van der Waals surface area contributed by atoms with Crippen molar-refractivity contribution in [1.82, 2.24) is 5.48 Å². The number of hydrogen-bond donors (Lipinski definition) is 2. The Bertz CT molecular complexity index is 182. The molecule has 2 atom stereocenters. The van der Waals surface area contributed by atoms with Crippen LogP contribution in [0.25, 0.3) is 0 Å². The molecule has 76 valence electrons. The minimum absolute atomic E-state index is 0.00997. The maximum absolute atomic E-state index is 11.4. The highest BCUT2D eigenvalue weighted by atomic mass is 16.7. The van der Waals surface area contributed by atoms with Gasteiger partial charge in [-0.25, -0.2) is 5.48 Å². The Morgan fingerprint density at radius 1 is 1.54 bits per heavy atom. The van der Waals surface area contributed by atoms with Gasteiger partial charge in [-0.15, -0.1) is 0 Å². The van der Waals surface area contributed by atoms with Crippen molar-refractivity contribution in [3.8, 4) is 0 Å². The van der Waals surface area contributed by atoms with Gasteiger partial charge in [-0.05, 0) is 26.7 Å². The van der Waals surface area contributed by atoms with Gasteiger partial charge in [0.1, 0.15) is 0 Å². The predicted octanol–water partition coefficient (Wildman–Crippen LogP) is 0.570. The molecule has 0 aliphatic heterocycles. The average molecular weight is 186 g/mol. The zero-order chi connectivity index (χ0) is 9.84. The molecule has 0 bridgehead atoms. The van der Waals surface area contributed by atoms with Gasteiger partial charge in [0.2, 0.25) is 5.91 Å². The minimum Gasteiger partial charge on any atom is -0.327 e. The van der Waals surface area contributed by atoms with Crippen molar-refractivity contribution < 1.29 is 9.63 Å². The van der Waals surface area contributed by atoms with Crippen LogP contribution in [0.4, 0.5) is 0 Å². The Hall–Kier alpha value is -0.610. The first-order valence-corrected chi connectivity index (χ1v) is 4.82. The number of hydroxylamine groups is 1. The van der Waals surface area contributed by atoms with Gasteiger partial charge in [0.25, 0.3) is 0 Å². The molecule has 0 saturated heterocycles. The summed E-state index contributed by atoms with van der Waals surface area (Å²) in [5.41, 5.74) is 8.21. The number of nitrogens with one attached hydrogen (secondary N) is 1. The van der Waals surface area contributed by atoms with E-state index in [1.54, 1.807) is 0 Å². The standard InChI is InChI=1S/C9H18N2O2/c1-6(2)13-11-9(12)7-4-3-5-8(7)10/h6-8H,3-5,10H2,1-2H3,(H,11,12). The summed E-state index contributed by atoms with van der Waals surface area (Å²) in [6.45, 7) is 3.74. The average Bonchev–Trinajstić information content (AvgIpc) is 2.47. The van der Waals surface area contributed by atoms with E-state index in [2.05, 4.69) is 5.48 Å². The van der Waals surface area contributed by atoms with Crippen LogP contribution in [0, 0.1) is 5.92 Å². The van der Waals surface area contributed by atoms with E-state index < -0.39 is 0 Å². The Balaban J connectivity index is 2.30. The zero-order valence-electron chi connectivity index (χ0n) is 8.25. The van der Waals surface area contributed by atoms with Crippen molar-refractivity contribution in [1.29, 1.82) is 0 Å². The normalized spacial score (nSPS) is 28.0. The molecular weight excluding hydrogens is 168 g/mol. The first kappa shape index (κ1) is 10.5. The second-order valence-electron chi connectivity index (χ2n) is 3.83. The van der Waals surface area contributed by atoms with E-state index in [1.807, 2.05) is 13.8 Å². The number of carbonyl (C=O) groups excluding carboxylic acids is 1. The molecule has 1 aliphatic carbocycles. The van der Waals surface area contributed by atoms with Crippen LogP contribution in [0.3, 0.4) is 0 Å². The number of hydrogen-bond acceptors (Lipinski definition) is 3. The maximum atomic E-state index is 11.4. The third kappa shape index (κ3) is 2.97. The van der Waals surface area contributed by atoms with E-state index in [4.69, 9.17) is 10.6 Å². The largest absolute Gasteiger partial charge is 0.327 e. The van der Waals surface area contributed by atoms with Crippen LogP contribution in [0.15, 0.2) is 0 Å². The van der Waals surface area contributed by atoms with Crippen molar-refractivity contribution in [2.24, 2.45) is 11.7 Å². The van der Waals surface area contributed by atoms with Gasteiger partial charge in [0.15, 0.2) is 0 Å². The molecule has 4 nitrogen and oxygen atoms in total. The highest BCUT2D eigenvalue weighted by Gasteiger charge is 2.30. The van der Waals surface area contributed by atoms with Gasteiger partial charge in [0.05, 0.1) is 12.0 Å². The van der Waals surface area contributed by atoms with E-state index in [0.29, 0.717) is 0 Å². The fourth-order valence-electron chi connectivity index (χ4n) is 1.57. The van der Waals surface area contributed by atoms with Crippen molar-refractivity contribution in [3.63, 3.8) is 0 Å². The predicted molar refractivity (Wildman–Crippen MR) is 49.7 cm³/mol. The van der Waals surface area contributed by atoms with Crippen LogP contribution in [-0.2, 0) is 9.63 Å². The van der Waals surface area contributed by atoms with Crippen LogP contribution in [0.2, 0.25) is 0 Å². The van der Waals surface area contributed by atoms with Crippen LogP contribution in [0.1, 0.15) is 33.1 Å².